The summed E-state index contributed by atoms with van der Waals surface area (Å²) in [6.45, 7) is 2.50. The monoisotopic (exact) mass is 390 g/mol. The first-order valence-electron chi connectivity index (χ1n) is 8.36. The first-order valence-corrected chi connectivity index (χ1v) is 10.2. The van der Waals surface area contributed by atoms with Crippen LogP contribution in [-0.2, 0) is 4.79 Å². The molecule has 0 bridgehead atoms. The first kappa shape index (κ1) is 18.7. The van der Waals surface area contributed by atoms with Gasteiger partial charge >= 0.3 is 0 Å². The minimum Gasteiger partial charge on any atom is -0.492 e. The van der Waals surface area contributed by atoms with Crippen molar-refractivity contribution in [2.75, 3.05) is 17.7 Å². The molecule has 1 heterocycles. The third-order valence-electron chi connectivity index (χ3n) is 3.56. The highest BCUT2D eigenvalue weighted by atomic mass is 32.2. The zero-order valence-electron chi connectivity index (χ0n) is 14.3. The minimum atomic E-state index is -0.239. The number of para-hydroxylation sites is 1. The number of anilines is 1. The van der Waals surface area contributed by atoms with Crippen LogP contribution in [0.3, 0.4) is 0 Å². The van der Waals surface area contributed by atoms with Crippen LogP contribution in [0.25, 0.3) is 10.2 Å². The molecule has 3 aromatic rings. The van der Waals surface area contributed by atoms with E-state index >= 15 is 0 Å². The lowest BCUT2D eigenvalue weighted by molar-refractivity contribution is -0.116. The molecule has 0 aliphatic rings. The number of ether oxygens (including phenoxy) is 1. The normalized spacial score (nSPS) is 10.8. The highest BCUT2D eigenvalue weighted by Crippen LogP contribution is 2.32. The smallest absolute Gasteiger partial charge is 0.226 e. The van der Waals surface area contributed by atoms with Crippen molar-refractivity contribution in [3.8, 4) is 5.75 Å². The van der Waals surface area contributed by atoms with E-state index in [-0.39, 0.29) is 11.7 Å². The van der Waals surface area contributed by atoms with Crippen LogP contribution in [0.15, 0.2) is 47.4 Å². The second-order valence-corrected chi connectivity index (χ2v) is 7.71. The van der Waals surface area contributed by atoms with Crippen LogP contribution >= 0.6 is 23.1 Å². The summed E-state index contributed by atoms with van der Waals surface area (Å²) in [6, 6.07) is 12.1. The summed E-state index contributed by atoms with van der Waals surface area (Å²) in [5, 5.41) is 3.45. The molecular formula is C19H19FN2O2S2. The number of amides is 1. The van der Waals surface area contributed by atoms with Gasteiger partial charge in [0.15, 0.2) is 5.13 Å². The van der Waals surface area contributed by atoms with Gasteiger partial charge in [0.2, 0.25) is 5.91 Å². The van der Waals surface area contributed by atoms with E-state index in [1.807, 2.05) is 25.1 Å². The van der Waals surface area contributed by atoms with Gasteiger partial charge in [0.25, 0.3) is 0 Å². The predicted molar refractivity (Wildman–Crippen MR) is 106 cm³/mol. The topological polar surface area (TPSA) is 51.2 Å². The molecule has 0 spiro atoms. The van der Waals surface area contributed by atoms with Gasteiger partial charge in [0.05, 0.1) is 11.3 Å². The van der Waals surface area contributed by atoms with Gasteiger partial charge in [0, 0.05) is 11.3 Å². The molecule has 0 fully saturated rings. The van der Waals surface area contributed by atoms with Crippen LogP contribution in [0.1, 0.15) is 19.8 Å². The van der Waals surface area contributed by atoms with Crippen molar-refractivity contribution in [2.24, 2.45) is 0 Å². The quantitative estimate of drug-likeness (QED) is 0.416. The van der Waals surface area contributed by atoms with Crippen molar-refractivity contribution in [3.05, 3.63) is 48.3 Å². The molecule has 1 amide bonds. The van der Waals surface area contributed by atoms with Gasteiger partial charge < -0.3 is 10.1 Å². The molecule has 136 valence electrons. The van der Waals surface area contributed by atoms with Gasteiger partial charge in [-0.3, -0.25) is 4.79 Å². The lowest BCUT2D eigenvalue weighted by Crippen LogP contribution is -2.11. The fourth-order valence-electron chi connectivity index (χ4n) is 2.38. The van der Waals surface area contributed by atoms with Gasteiger partial charge in [-0.05, 0) is 55.5 Å². The number of hydrogen-bond acceptors (Lipinski definition) is 5. The van der Waals surface area contributed by atoms with Gasteiger partial charge in [-0.25, -0.2) is 9.37 Å². The molecule has 4 nitrogen and oxygen atoms in total. The maximum absolute atomic E-state index is 12.9. The van der Waals surface area contributed by atoms with E-state index in [2.05, 4.69) is 10.3 Å². The number of thioether (sulfide) groups is 1. The number of fused-ring (bicyclic) bond motifs is 1. The number of carbonyl (C=O) groups is 1. The average molecular weight is 391 g/mol. The second kappa shape index (κ2) is 9.00. The van der Waals surface area contributed by atoms with Crippen LogP contribution in [0.2, 0.25) is 0 Å². The zero-order valence-corrected chi connectivity index (χ0v) is 16.0. The number of hydrogen-bond donors (Lipinski definition) is 1. The molecule has 0 aliphatic carbocycles. The number of thiazole rings is 1. The Kier molecular flexibility index (Phi) is 6.46. The van der Waals surface area contributed by atoms with E-state index in [0.717, 1.165) is 33.0 Å². The summed E-state index contributed by atoms with van der Waals surface area (Å²) in [5.74, 6) is 1.24. The number of benzene rings is 2. The third kappa shape index (κ3) is 4.95. The maximum atomic E-state index is 12.9. The molecule has 1 N–H and O–H groups in total. The standard InChI is InChI=1S/C19H19FN2O2S2/c1-2-24-15-5-3-6-16-18(15)22-19(26-16)21-17(23)7-4-12-25-14-10-8-13(20)9-11-14/h3,5-6,8-11H,2,4,7,12H2,1H3,(H,21,22,23). The molecule has 0 radical (unpaired) electrons. The van der Waals surface area contributed by atoms with Gasteiger partial charge in [-0.2, -0.15) is 0 Å². The number of nitrogens with one attached hydrogen (secondary N) is 1. The van der Waals surface area contributed by atoms with Crippen molar-refractivity contribution >= 4 is 44.4 Å². The van der Waals surface area contributed by atoms with E-state index in [1.165, 1.54) is 23.5 Å². The SMILES string of the molecule is CCOc1cccc2sc(NC(=O)CCCSc3ccc(F)cc3)nc12. The Bertz CT molecular complexity index is 881. The van der Waals surface area contributed by atoms with Crippen LogP contribution in [0, 0.1) is 5.82 Å². The van der Waals surface area contributed by atoms with Crippen molar-refractivity contribution in [1.29, 1.82) is 0 Å². The molecule has 1 aromatic heterocycles. The number of aromatic nitrogens is 1. The summed E-state index contributed by atoms with van der Waals surface area (Å²) in [7, 11) is 0. The number of carbonyl (C=O) groups excluding carboxylic acids is 1. The predicted octanol–water partition coefficient (Wildman–Crippen LogP) is 5.35. The zero-order chi connectivity index (χ0) is 18.4. The minimum absolute atomic E-state index is 0.0540. The van der Waals surface area contributed by atoms with Crippen LogP contribution < -0.4 is 10.1 Å². The number of nitrogens with zero attached hydrogens (tertiary/aromatic N) is 1. The molecule has 0 aliphatic heterocycles. The van der Waals surface area contributed by atoms with E-state index in [9.17, 15) is 9.18 Å². The molecule has 2 aromatic carbocycles. The van der Waals surface area contributed by atoms with Gasteiger partial charge in [-0.1, -0.05) is 17.4 Å². The van der Waals surface area contributed by atoms with Crippen molar-refractivity contribution < 1.29 is 13.9 Å². The molecule has 0 saturated heterocycles. The summed E-state index contributed by atoms with van der Waals surface area (Å²) in [5.41, 5.74) is 0.779. The van der Waals surface area contributed by atoms with Crippen molar-refractivity contribution in [3.63, 3.8) is 0 Å². The molecule has 3 rings (SSSR count). The average Bonchev–Trinajstić information content (AvgIpc) is 3.04. The van der Waals surface area contributed by atoms with E-state index in [1.54, 1.807) is 23.9 Å². The van der Waals surface area contributed by atoms with Crippen LogP contribution in [-0.4, -0.2) is 23.3 Å². The second-order valence-electron chi connectivity index (χ2n) is 5.51. The van der Waals surface area contributed by atoms with Crippen molar-refractivity contribution in [1.82, 2.24) is 4.98 Å². The summed E-state index contributed by atoms with van der Waals surface area (Å²) in [4.78, 5) is 17.6. The maximum Gasteiger partial charge on any atom is 0.226 e. The molecule has 0 atom stereocenters. The Labute approximate surface area is 159 Å². The van der Waals surface area contributed by atoms with E-state index in [0.29, 0.717) is 18.2 Å². The Morgan fingerprint density at radius 3 is 2.85 bits per heavy atom. The van der Waals surface area contributed by atoms with Crippen LogP contribution in [0.5, 0.6) is 5.75 Å². The Morgan fingerprint density at radius 2 is 2.08 bits per heavy atom. The highest BCUT2D eigenvalue weighted by Gasteiger charge is 2.11. The lowest BCUT2D eigenvalue weighted by atomic mass is 10.3. The fraction of sp³-hybridized carbons (Fsp3) is 0.263. The fourth-order valence-corrected chi connectivity index (χ4v) is 4.14. The molecule has 7 heteroatoms. The Balaban J connectivity index is 1.49. The largest absolute Gasteiger partial charge is 0.492 e. The van der Waals surface area contributed by atoms with Crippen molar-refractivity contribution in [2.45, 2.75) is 24.7 Å². The van der Waals surface area contributed by atoms with E-state index in [4.69, 9.17) is 4.74 Å². The third-order valence-corrected chi connectivity index (χ3v) is 5.59. The molecular weight excluding hydrogens is 371 g/mol. The first-order chi connectivity index (χ1) is 12.7. The molecule has 0 unspecified atom stereocenters. The highest BCUT2D eigenvalue weighted by molar-refractivity contribution is 7.99. The summed E-state index contributed by atoms with van der Waals surface area (Å²) in [6.07, 6.45) is 1.16. The molecule has 0 saturated carbocycles. The Hall–Kier alpha value is -2.12. The van der Waals surface area contributed by atoms with E-state index < -0.39 is 0 Å². The van der Waals surface area contributed by atoms with Gasteiger partial charge in [-0.15, -0.1) is 11.8 Å². The lowest BCUT2D eigenvalue weighted by Gasteiger charge is -2.03. The Morgan fingerprint density at radius 1 is 1.27 bits per heavy atom. The summed E-state index contributed by atoms with van der Waals surface area (Å²) < 4.78 is 19.4. The van der Waals surface area contributed by atoms with Crippen LogP contribution in [0.4, 0.5) is 9.52 Å². The number of rotatable bonds is 8. The van der Waals surface area contributed by atoms with Gasteiger partial charge in [0.1, 0.15) is 17.1 Å². The number of halogens is 1. The summed E-state index contributed by atoms with van der Waals surface area (Å²) >= 11 is 3.05. The molecule has 26 heavy (non-hydrogen) atoms.